The molecule has 0 heterocycles. The van der Waals surface area contributed by atoms with Gasteiger partial charge in [-0.1, -0.05) is 40.0 Å². The van der Waals surface area contributed by atoms with E-state index in [0.717, 1.165) is 5.92 Å². The Balaban J connectivity index is 1.71. The van der Waals surface area contributed by atoms with Crippen molar-refractivity contribution in [1.29, 1.82) is 0 Å². The third-order valence-electron chi connectivity index (χ3n) is 7.64. The van der Waals surface area contributed by atoms with Crippen LogP contribution in [0.25, 0.3) is 0 Å². The Bertz CT molecular complexity index is 376. The summed E-state index contributed by atoms with van der Waals surface area (Å²) < 4.78 is 0. The van der Waals surface area contributed by atoms with Gasteiger partial charge in [0.05, 0.1) is 0 Å². The molecule has 21 heavy (non-hydrogen) atoms. The molecule has 122 valence electrons. The average Bonchev–Trinajstić information content (AvgIpc) is 2.90. The van der Waals surface area contributed by atoms with E-state index in [2.05, 4.69) is 45.1 Å². The Morgan fingerprint density at radius 2 is 1.67 bits per heavy atom. The highest BCUT2D eigenvalue weighted by Crippen LogP contribution is 2.62. The van der Waals surface area contributed by atoms with E-state index in [0.29, 0.717) is 22.4 Å². The zero-order valence-corrected chi connectivity index (χ0v) is 15.0. The van der Waals surface area contributed by atoms with Gasteiger partial charge in [-0.2, -0.15) is 0 Å². The van der Waals surface area contributed by atoms with Gasteiger partial charge in [-0.15, -0.1) is 0 Å². The van der Waals surface area contributed by atoms with Gasteiger partial charge in [0.25, 0.3) is 0 Å². The third-order valence-corrected chi connectivity index (χ3v) is 7.64. The van der Waals surface area contributed by atoms with Gasteiger partial charge < -0.3 is 10.2 Å². The maximum Gasteiger partial charge on any atom is 0.0327 e. The van der Waals surface area contributed by atoms with E-state index in [-0.39, 0.29) is 0 Å². The van der Waals surface area contributed by atoms with Crippen molar-refractivity contribution >= 4 is 0 Å². The minimum Gasteiger partial charge on any atom is -0.311 e. The van der Waals surface area contributed by atoms with Crippen molar-refractivity contribution in [2.75, 3.05) is 20.6 Å². The van der Waals surface area contributed by atoms with Crippen LogP contribution in [0.2, 0.25) is 0 Å². The lowest BCUT2D eigenvalue weighted by Gasteiger charge is -2.48. The van der Waals surface area contributed by atoms with Gasteiger partial charge in [0.2, 0.25) is 0 Å². The second kappa shape index (κ2) is 5.23. The van der Waals surface area contributed by atoms with Crippen molar-refractivity contribution in [3.8, 4) is 0 Å². The molecule has 2 heteroatoms. The van der Waals surface area contributed by atoms with Crippen LogP contribution >= 0.6 is 0 Å². The third kappa shape index (κ3) is 2.47. The van der Waals surface area contributed by atoms with Gasteiger partial charge in [-0.05, 0) is 62.9 Å². The first kappa shape index (κ1) is 15.8. The Kier molecular flexibility index (Phi) is 3.94. The minimum absolute atomic E-state index is 0.409. The molecule has 0 amide bonds. The molecule has 1 unspecified atom stereocenters. The number of nitrogens with zero attached hydrogens (tertiary/aromatic N) is 1. The summed E-state index contributed by atoms with van der Waals surface area (Å²) >= 11 is 0. The van der Waals surface area contributed by atoms with E-state index in [9.17, 15) is 0 Å². The maximum atomic E-state index is 4.09. The van der Waals surface area contributed by atoms with Gasteiger partial charge in [0.15, 0.2) is 0 Å². The van der Waals surface area contributed by atoms with Gasteiger partial charge >= 0.3 is 0 Å². The Morgan fingerprint density at radius 1 is 1.00 bits per heavy atom. The lowest BCUT2D eigenvalue weighted by Crippen LogP contribution is -2.59. The number of likely N-dealkylation sites (N-methyl/N-ethyl adjacent to an activating group) is 1. The second-order valence-electron chi connectivity index (χ2n) is 9.41. The molecule has 2 bridgehead atoms. The SMILES string of the molecule is CN(C)C1(CNC2C(C)(C)[C@H]3CC[C@]2(C)C3)CCCCC1. The minimum atomic E-state index is 0.409. The van der Waals surface area contributed by atoms with E-state index in [4.69, 9.17) is 0 Å². The van der Waals surface area contributed by atoms with Crippen LogP contribution < -0.4 is 5.32 Å². The van der Waals surface area contributed by atoms with E-state index in [1.807, 2.05) is 0 Å². The highest BCUT2D eigenvalue weighted by molar-refractivity contribution is 5.12. The molecule has 0 aliphatic heterocycles. The molecule has 0 spiro atoms. The molecule has 3 saturated carbocycles. The first-order chi connectivity index (χ1) is 9.80. The van der Waals surface area contributed by atoms with Crippen LogP contribution in [0.15, 0.2) is 0 Å². The zero-order chi connectivity index (χ0) is 15.3. The van der Waals surface area contributed by atoms with Crippen molar-refractivity contribution in [2.24, 2.45) is 16.7 Å². The van der Waals surface area contributed by atoms with Crippen molar-refractivity contribution in [3.63, 3.8) is 0 Å². The first-order valence-corrected chi connectivity index (χ1v) is 9.21. The number of nitrogens with one attached hydrogen (secondary N) is 1. The first-order valence-electron chi connectivity index (χ1n) is 9.21. The van der Waals surface area contributed by atoms with Crippen LogP contribution in [0.1, 0.15) is 72.1 Å². The summed E-state index contributed by atoms with van der Waals surface area (Å²) in [5.41, 5.74) is 1.44. The quantitative estimate of drug-likeness (QED) is 0.841. The van der Waals surface area contributed by atoms with Crippen molar-refractivity contribution < 1.29 is 0 Å². The van der Waals surface area contributed by atoms with Crippen molar-refractivity contribution in [3.05, 3.63) is 0 Å². The summed E-state index contributed by atoms with van der Waals surface area (Å²) in [5.74, 6) is 0.946. The predicted octanol–water partition coefficient (Wildman–Crippen LogP) is 4.06. The fourth-order valence-corrected chi connectivity index (χ4v) is 6.10. The van der Waals surface area contributed by atoms with Gasteiger partial charge in [-0.25, -0.2) is 0 Å². The largest absolute Gasteiger partial charge is 0.311 e. The number of rotatable bonds is 4. The molecular weight excluding hydrogens is 256 g/mol. The Morgan fingerprint density at radius 3 is 2.19 bits per heavy atom. The summed E-state index contributed by atoms with van der Waals surface area (Å²) in [5, 5.41) is 4.09. The topological polar surface area (TPSA) is 15.3 Å². The van der Waals surface area contributed by atoms with E-state index >= 15 is 0 Å². The van der Waals surface area contributed by atoms with Gasteiger partial charge in [0, 0.05) is 18.1 Å². The smallest absolute Gasteiger partial charge is 0.0327 e. The fourth-order valence-electron chi connectivity index (χ4n) is 6.10. The lowest BCUT2D eigenvalue weighted by atomic mass is 9.68. The number of fused-ring (bicyclic) bond motifs is 2. The molecule has 0 aromatic rings. The van der Waals surface area contributed by atoms with Crippen LogP contribution in [-0.4, -0.2) is 37.1 Å². The van der Waals surface area contributed by atoms with Crippen molar-refractivity contribution in [1.82, 2.24) is 10.2 Å². The zero-order valence-electron chi connectivity index (χ0n) is 15.0. The molecule has 3 atom stereocenters. The van der Waals surface area contributed by atoms with E-state index < -0.39 is 0 Å². The lowest BCUT2D eigenvalue weighted by molar-refractivity contribution is 0.0592. The van der Waals surface area contributed by atoms with Crippen LogP contribution in [0.3, 0.4) is 0 Å². The van der Waals surface area contributed by atoms with Gasteiger partial charge in [-0.3, -0.25) is 0 Å². The molecule has 1 N–H and O–H groups in total. The number of hydrogen-bond donors (Lipinski definition) is 1. The van der Waals surface area contributed by atoms with Crippen LogP contribution in [0, 0.1) is 16.7 Å². The molecule has 3 aliphatic rings. The summed E-state index contributed by atoms with van der Waals surface area (Å²) in [7, 11) is 4.58. The normalized spacial score (nSPS) is 40.9. The van der Waals surface area contributed by atoms with Gasteiger partial charge in [0.1, 0.15) is 0 Å². The van der Waals surface area contributed by atoms with Crippen LogP contribution in [0.5, 0.6) is 0 Å². The highest BCUT2D eigenvalue weighted by atomic mass is 15.2. The molecular formula is C19H36N2. The highest BCUT2D eigenvalue weighted by Gasteiger charge is 2.59. The Labute approximate surface area is 132 Å². The molecule has 0 aromatic heterocycles. The fraction of sp³-hybridized carbons (Fsp3) is 1.00. The standard InChI is InChI=1S/C19H36N2/c1-17(2)15-9-12-18(3,13-15)16(17)20-14-19(21(4)5)10-7-6-8-11-19/h15-16,20H,6-14H2,1-5H3/t15-,16?,18+/m0/s1. The molecule has 3 fully saturated rings. The van der Waals surface area contributed by atoms with Crippen LogP contribution in [0.4, 0.5) is 0 Å². The van der Waals surface area contributed by atoms with E-state index in [1.54, 1.807) is 0 Å². The maximum absolute atomic E-state index is 4.09. The van der Waals surface area contributed by atoms with Crippen molar-refractivity contribution in [2.45, 2.75) is 83.7 Å². The average molecular weight is 293 g/mol. The molecule has 0 radical (unpaired) electrons. The monoisotopic (exact) mass is 292 g/mol. The molecule has 0 aromatic carbocycles. The Hall–Kier alpha value is -0.0800. The second-order valence-corrected chi connectivity index (χ2v) is 9.41. The molecule has 2 nitrogen and oxygen atoms in total. The summed E-state index contributed by atoms with van der Waals surface area (Å²) in [6, 6.07) is 0.711. The number of hydrogen-bond acceptors (Lipinski definition) is 2. The molecule has 3 rings (SSSR count). The summed E-state index contributed by atoms with van der Waals surface area (Å²) in [6.07, 6.45) is 11.4. The molecule has 0 saturated heterocycles. The predicted molar refractivity (Wildman–Crippen MR) is 90.5 cm³/mol. The van der Waals surface area contributed by atoms with Crippen LogP contribution in [-0.2, 0) is 0 Å². The summed E-state index contributed by atoms with van der Waals surface area (Å²) in [6.45, 7) is 8.77. The molecule has 3 aliphatic carbocycles. The van der Waals surface area contributed by atoms with E-state index in [1.165, 1.54) is 57.9 Å². The summed E-state index contributed by atoms with van der Waals surface area (Å²) in [4.78, 5) is 2.52.